The van der Waals surface area contributed by atoms with Crippen LogP contribution in [0.5, 0.6) is 0 Å². The Morgan fingerprint density at radius 3 is 2.62 bits per heavy atom. The quantitative estimate of drug-likeness (QED) is 0.633. The van der Waals surface area contributed by atoms with Gasteiger partial charge in [-0.15, -0.1) is 11.7 Å². The zero-order valence-corrected chi connectivity index (χ0v) is 12.0. The topological polar surface area (TPSA) is 30.7 Å². The largest absolute Gasteiger partial charge is 0.238 e. The van der Waals surface area contributed by atoms with Crippen LogP contribution in [0.2, 0.25) is 0 Å². The number of aryl methyl sites for hydroxylation is 1. The Hall–Kier alpha value is -2.42. The molecule has 0 bridgehead atoms. The molecule has 3 nitrogen and oxygen atoms in total. The first kappa shape index (κ1) is 13.6. The van der Waals surface area contributed by atoms with E-state index in [0.29, 0.717) is 0 Å². The van der Waals surface area contributed by atoms with E-state index in [-0.39, 0.29) is 6.04 Å². The van der Waals surface area contributed by atoms with Crippen LogP contribution in [0, 0.1) is 0 Å². The van der Waals surface area contributed by atoms with E-state index < -0.39 is 0 Å². The highest BCUT2D eigenvalue weighted by Gasteiger charge is 2.12. The number of hydrogen-bond acceptors (Lipinski definition) is 2. The van der Waals surface area contributed by atoms with Crippen LogP contribution in [0.15, 0.2) is 67.3 Å². The van der Waals surface area contributed by atoms with Gasteiger partial charge in [0.25, 0.3) is 0 Å². The molecule has 0 aliphatic carbocycles. The Morgan fingerprint density at radius 2 is 1.81 bits per heavy atom. The highest BCUT2D eigenvalue weighted by Crippen LogP contribution is 2.21. The third-order valence-corrected chi connectivity index (χ3v) is 3.77. The summed E-state index contributed by atoms with van der Waals surface area (Å²) in [6.07, 6.45) is 5.17. The van der Waals surface area contributed by atoms with Crippen LogP contribution in [-0.2, 0) is 6.42 Å². The van der Waals surface area contributed by atoms with Crippen LogP contribution in [0.25, 0.3) is 11.0 Å². The Bertz CT molecular complexity index is 715. The summed E-state index contributed by atoms with van der Waals surface area (Å²) in [5, 5.41) is 8.51. The van der Waals surface area contributed by atoms with Crippen LogP contribution >= 0.6 is 0 Å². The first-order chi connectivity index (χ1) is 10.4. The second-order valence-corrected chi connectivity index (χ2v) is 5.20. The molecule has 0 N–H and O–H groups in total. The molecular formula is C18H19N3. The second kappa shape index (κ2) is 6.35. The predicted molar refractivity (Wildman–Crippen MR) is 86.1 cm³/mol. The van der Waals surface area contributed by atoms with Crippen LogP contribution < -0.4 is 0 Å². The number of fused-ring (bicyclic) bond motifs is 1. The summed E-state index contributed by atoms with van der Waals surface area (Å²) in [6.45, 7) is 3.96. The lowest BCUT2D eigenvalue weighted by atomic mass is 10.0. The molecule has 0 radical (unpaired) electrons. The molecule has 0 fully saturated rings. The number of para-hydroxylation sites is 1. The van der Waals surface area contributed by atoms with Crippen molar-refractivity contribution < 1.29 is 0 Å². The fourth-order valence-corrected chi connectivity index (χ4v) is 2.63. The van der Waals surface area contributed by atoms with Gasteiger partial charge in [0.05, 0.1) is 11.6 Å². The summed E-state index contributed by atoms with van der Waals surface area (Å²) in [5.74, 6) is 0. The van der Waals surface area contributed by atoms with Gasteiger partial charge >= 0.3 is 0 Å². The maximum atomic E-state index is 4.29. The average Bonchev–Trinajstić information content (AvgIpc) is 2.97. The van der Waals surface area contributed by atoms with Gasteiger partial charge in [-0.25, -0.2) is 4.68 Å². The van der Waals surface area contributed by atoms with E-state index in [0.717, 1.165) is 30.3 Å². The number of aromatic nitrogens is 3. The maximum absolute atomic E-state index is 4.29. The molecule has 3 aromatic rings. The number of allylic oxidation sites excluding steroid dienone is 1. The fraction of sp³-hybridized carbons (Fsp3) is 0.222. The zero-order valence-electron chi connectivity index (χ0n) is 12.0. The molecule has 3 heteroatoms. The monoisotopic (exact) mass is 277 g/mol. The van der Waals surface area contributed by atoms with E-state index in [1.807, 2.05) is 29.0 Å². The fourth-order valence-electron chi connectivity index (χ4n) is 2.63. The van der Waals surface area contributed by atoms with Gasteiger partial charge in [-0.05, 0) is 37.0 Å². The van der Waals surface area contributed by atoms with Gasteiger partial charge in [-0.2, -0.15) is 0 Å². The number of nitrogens with zero attached hydrogens (tertiary/aromatic N) is 3. The molecule has 1 aromatic heterocycles. The molecule has 1 atom stereocenters. The highest BCUT2D eigenvalue weighted by molar-refractivity contribution is 5.74. The van der Waals surface area contributed by atoms with Crippen LogP contribution in [0.1, 0.15) is 24.4 Å². The Labute approximate surface area is 124 Å². The van der Waals surface area contributed by atoms with Crippen LogP contribution in [0.4, 0.5) is 0 Å². The van der Waals surface area contributed by atoms with E-state index in [1.165, 1.54) is 5.56 Å². The molecular weight excluding hydrogens is 258 g/mol. The minimum absolute atomic E-state index is 0.195. The molecule has 21 heavy (non-hydrogen) atoms. The number of benzene rings is 2. The van der Waals surface area contributed by atoms with Crippen molar-refractivity contribution in [1.82, 2.24) is 15.0 Å². The normalized spacial score (nSPS) is 12.4. The number of hydrogen-bond donors (Lipinski definition) is 0. The van der Waals surface area contributed by atoms with Gasteiger partial charge in [0.15, 0.2) is 0 Å². The first-order valence-corrected chi connectivity index (χ1v) is 7.35. The molecule has 0 amide bonds. The average molecular weight is 277 g/mol. The smallest absolute Gasteiger partial charge is 0.113 e. The molecule has 1 unspecified atom stereocenters. The Kier molecular flexibility index (Phi) is 4.10. The standard InChI is InChI=1S/C18H19N3/c1-2-16(12-8-11-15-9-4-3-5-10-15)21-18-14-7-6-13-17(18)19-20-21/h2-7,9-10,13-14,16H,1,8,11-12H2. The van der Waals surface area contributed by atoms with Crippen molar-refractivity contribution >= 4 is 11.0 Å². The summed E-state index contributed by atoms with van der Waals surface area (Å²) in [5.41, 5.74) is 3.39. The predicted octanol–water partition coefficient (Wildman–Crippen LogP) is 4.18. The van der Waals surface area contributed by atoms with Gasteiger partial charge in [0.1, 0.15) is 5.52 Å². The molecule has 0 aliphatic heterocycles. The SMILES string of the molecule is C=CC(CCCc1ccccc1)n1nnc2ccccc21. The minimum atomic E-state index is 0.195. The molecule has 0 saturated heterocycles. The first-order valence-electron chi connectivity index (χ1n) is 7.35. The van der Waals surface area contributed by atoms with Gasteiger partial charge in [-0.1, -0.05) is 53.8 Å². The van der Waals surface area contributed by atoms with E-state index in [9.17, 15) is 0 Å². The zero-order chi connectivity index (χ0) is 14.5. The molecule has 106 valence electrons. The molecule has 1 heterocycles. The van der Waals surface area contributed by atoms with E-state index in [1.54, 1.807) is 0 Å². The van der Waals surface area contributed by atoms with Gasteiger partial charge in [-0.3, -0.25) is 0 Å². The summed E-state index contributed by atoms with van der Waals surface area (Å²) in [4.78, 5) is 0. The lowest BCUT2D eigenvalue weighted by Crippen LogP contribution is -2.08. The molecule has 3 rings (SSSR count). The van der Waals surface area contributed by atoms with Crippen LogP contribution in [0.3, 0.4) is 0 Å². The summed E-state index contributed by atoms with van der Waals surface area (Å²) >= 11 is 0. The van der Waals surface area contributed by atoms with Crippen LogP contribution in [-0.4, -0.2) is 15.0 Å². The van der Waals surface area contributed by atoms with E-state index >= 15 is 0 Å². The summed E-state index contributed by atoms with van der Waals surface area (Å²) < 4.78 is 1.98. The van der Waals surface area contributed by atoms with Crippen molar-refractivity contribution in [1.29, 1.82) is 0 Å². The minimum Gasteiger partial charge on any atom is -0.238 e. The van der Waals surface area contributed by atoms with Crippen molar-refractivity contribution in [3.8, 4) is 0 Å². The molecule has 2 aromatic carbocycles. The molecule has 0 aliphatic rings. The summed E-state index contributed by atoms with van der Waals surface area (Å²) in [6, 6.07) is 18.8. The lowest BCUT2D eigenvalue weighted by molar-refractivity contribution is 0.488. The highest BCUT2D eigenvalue weighted by atomic mass is 15.4. The van der Waals surface area contributed by atoms with Crippen molar-refractivity contribution in [2.75, 3.05) is 0 Å². The number of rotatable bonds is 6. The Morgan fingerprint density at radius 1 is 1.05 bits per heavy atom. The van der Waals surface area contributed by atoms with Gasteiger partial charge in [0, 0.05) is 0 Å². The third kappa shape index (κ3) is 3.02. The van der Waals surface area contributed by atoms with E-state index in [4.69, 9.17) is 0 Å². The summed E-state index contributed by atoms with van der Waals surface area (Å²) in [7, 11) is 0. The Balaban J connectivity index is 1.69. The molecule has 0 spiro atoms. The van der Waals surface area contributed by atoms with Gasteiger partial charge in [0.2, 0.25) is 0 Å². The lowest BCUT2D eigenvalue weighted by Gasteiger charge is -2.13. The van der Waals surface area contributed by atoms with Crippen molar-refractivity contribution in [3.63, 3.8) is 0 Å². The second-order valence-electron chi connectivity index (χ2n) is 5.20. The van der Waals surface area contributed by atoms with Crippen molar-refractivity contribution in [3.05, 3.63) is 72.8 Å². The van der Waals surface area contributed by atoms with Crippen molar-refractivity contribution in [2.45, 2.75) is 25.3 Å². The third-order valence-electron chi connectivity index (χ3n) is 3.77. The maximum Gasteiger partial charge on any atom is 0.113 e. The van der Waals surface area contributed by atoms with E-state index in [2.05, 4.69) is 53.3 Å². The van der Waals surface area contributed by atoms with Gasteiger partial charge < -0.3 is 0 Å². The molecule has 0 saturated carbocycles. The van der Waals surface area contributed by atoms with Crippen molar-refractivity contribution in [2.24, 2.45) is 0 Å².